The van der Waals surface area contributed by atoms with Gasteiger partial charge in [0.05, 0.1) is 43.6 Å². The van der Waals surface area contributed by atoms with E-state index in [1.54, 1.807) is 64.4 Å². The van der Waals surface area contributed by atoms with Gasteiger partial charge in [-0.2, -0.15) is 8.61 Å². The van der Waals surface area contributed by atoms with Crippen LogP contribution in [0, 0.1) is 39.5 Å². The number of rotatable bonds is 21. The molecule has 0 spiro atoms. The van der Waals surface area contributed by atoms with Crippen LogP contribution in [0.3, 0.4) is 0 Å². The number of carbonyl (C=O) groups excluding carboxylic acids is 4. The number of sulfonamides is 2. The summed E-state index contributed by atoms with van der Waals surface area (Å²) in [6, 6.07) is 14.7. The number of aromatic nitrogens is 2. The molecule has 2 amide bonds. The molecule has 400 valence electrons. The van der Waals surface area contributed by atoms with Gasteiger partial charge in [-0.1, -0.05) is 0 Å². The molecule has 2 aliphatic rings. The number of ether oxygens (including phenoxy) is 3. The minimum atomic E-state index is -3.88. The van der Waals surface area contributed by atoms with Crippen LogP contribution in [0.2, 0.25) is 0 Å². The minimum Gasteiger partial charge on any atom is -0.497 e. The highest BCUT2D eigenvalue weighted by molar-refractivity contribution is 7.89. The van der Waals surface area contributed by atoms with Gasteiger partial charge in [-0.15, -0.1) is 0 Å². The van der Waals surface area contributed by atoms with Crippen molar-refractivity contribution in [3.8, 4) is 11.5 Å². The molecule has 22 heteroatoms. The molecule has 20 nitrogen and oxygen atoms in total. The number of carbonyl (C=O) groups is 4. The van der Waals surface area contributed by atoms with Crippen LogP contribution >= 0.6 is 0 Å². The molecule has 0 unspecified atom stereocenters. The molecule has 2 fully saturated rings. The fourth-order valence-electron chi connectivity index (χ4n) is 8.69. The van der Waals surface area contributed by atoms with Crippen molar-refractivity contribution in [3.63, 3.8) is 0 Å². The molecule has 0 saturated carbocycles. The quantitative estimate of drug-likeness (QED) is 0.0602. The van der Waals surface area contributed by atoms with Crippen molar-refractivity contribution in [2.45, 2.75) is 76.0 Å². The first-order valence-electron chi connectivity index (χ1n) is 24.1. The van der Waals surface area contributed by atoms with E-state index in [-0.39, 0.29) is 41.9 Å². The van der Waals surface area contributed by atoms with E-state index in [4.69, 9.17) is 15.2 Å². The SMILES string of the molecule is COc1cc(C)c(S(=O)(=O)N(C)CC(=O)NCC(=O)CCC2CCN(c3ccncc3)CC2)c(C)c1.COc1cc(C)c(S(=O)(=O)N(C)CC(=O)NCOC=O)c(C)c1.NCC1CCN(c2ccncc2)CC1. The lowest BCUT2D eigenvalue weighted by atomic mass is 9.91. The molecule has 2 aromatic carbocycles. The van der Waals surface area contributed by atoms with Crippen LogP contribution in [0.15, 0.2) is 83.1 Å². The van der Waals surface area contributed by atoms with Gasteiger partial charge in [-0.3, -0.25) is 29.1 Å². The second-order valence-electron chi connectivity index (χ2n) is 18.1. The van der Waals surface area contributed by atoms with E-state index in [1.165, 1.54) is 52.5 Å². The number of likely N-dealkylation sites (N-methyl/N-ethyl adjacent to an activating group) is 2. The van der Waals surface area contributed by atoms with E-state index in [1.807, 2.05) is 24.5 Å². The van der Waals surface area contributed by atoms with Crippen LogP contribution in [-0.2, 0) is 44.0 Å². The Balaban J connectivity index is 0.000000265. The summed E-state index contributed by atoms with van der Waals surface area (Å²) in [6.45, 7) is 10.7. The molecule has 4 N–H and O–H groups in total. The number of pyridine rings is 2. The number of nitrogens with two attached hydrogens (primary N) is 1. The fraction of sp³-hybridized carbons (Fsp3) is 0.490. The van der Waals surface area contributed by atoms with Gasteiger partial charge in [-0.05, 0) is 149 Å². The average molecular weight is 1050 g/mol. The van der Waals surface area contributed by atoms with Crippen molar-refractivity contribution in [3.05, 3.63) is 95.6 Å². The number of benzene rings is 2. The number of ketones is 1. The number of Topliss-reactive ketones (excluding diaryl/α,β-unsaturated/α-hetero) is 1. The maximum Gasteiger partial charge on any atom is 0.294 e. The van der Waals surface area contributed by atoms with Crippen molar-refractivity contribution in [1.82, 2.24) is 29.2 Å². The summed E-state index contributed by atoms with van der Waals surface area (Å²) < 4.78 is 68.0. The lowest BCUT2D eigenvalue weighted by molar-refractivity contribution is -0.132. The van der Waals surface area contributed by atoms with E-state index >= 15 is 0 Å². The molecule has 4 aromatic rings. The number of hydrogen-bond donors (Lipinski definition) is 3. The summed E-state index contributed by atoms with van der Waals surface area (Å²) in [6.07, 6.45) is 13.0. The zero-order chi connectivity index (χ0) is 53.7. The highest BCUT2D eigenvalue weighted by Crippen LogP contribution is 2.30. The molecular weight excluding hydrogens is 979 g/mol. The Morgan fingerprint density at radius 1 is 0.671 bits per heavy atom. The summed E-state index contributed by atoms with van der Waals surface area (Å²) in [4.78, 5) is 59.5. The Hall–Kier alpha value is -6.20. The van der Waals surface area contributed by atoms with Crippen LogP contribution in [0.5, 0.6) is 11.5 Å². The largest absolute Gasteiger partial charge is 0.497 e. The number of aryl methyl sites for hydroxylation is 4. The summed E-state index contributed by atoms with van der Waals surface area (Å²) in [5.41, 5.74) is 10.3. The molecule has 4 heterocycles. The van der Waals surface area contributed by atoms with Gasteiger partial charge in [-0.25, -0.2) is 16.8 Å². The van der Waals surface area contributed by atoms with E-state index < -0.39 is 38.4 Å². The summed E-state index contributed by atoms with van der Waals surface area (Å²) in [7, 11) is -2.04. The number of anilines is 2. The van der Waals surface area contributed by atoms with Gasteiger partial charge < -0.3 is 40.4 Å². The number of piperidine rings is 2. The Labute approximate surface area is 431 Å². The number of nitrogens with zero attached hydrogens (tertiary/aromatic N) is 6. The lowest BCUT2D eigenvalue weighted by Crippen LogP contribution is -2.40. The summed E-state index contributed by atoms with van der Waals surface area (Å²) in [5, 5.41) is 4.84. The molecule has 73 heavy (non-hydrogen) atoms. The first kappa shape index (κ1) is 59.4. The van der Waals surface area contributed by atoms with Gasteiger partial charge >= 0.3 is 0 Å². The lowest BCUT2D eigenvalue weighted by Gasteiger charge is -2.33. The summed E-state index contributed by atoms with van der Waals surface area (Å²) in [5.74, 6) is 1.20. The third-order valence-corrected chi connectivity index (χ3v) is 17.0. The molecule has 0 bridgehead atoms. The predicted octanol–water partition coefficient (Wildman–Crippen LogP) is 4.15. The molecule has 0 radical (unpaired) electrons. The maximum atomic E-state index is 13.1. The average Bonchev–Trinajstić information content (AvgIpc) is 3.37. The topological polar surface area (TPSA) is 253 Å². The van der Waals surface area contributed by atoms with Crippen molar-refractivity contribution in [2.75, 3.05) is 97.2 Å². The molecule has 0 aliphatic carbocycles. The van der Waals surface area contributed by atoms with Crippen LogP contribution < -0.4 is 35.6 Å². The molecule has 6 rings (SSSR count). The van der Waals surface area contributed by atoms with Crippen molar-refractivity contribution < 1.29 is 50.2 Å². The second-order valence-corrected chi connectivity index (χ2v) is 22.0. The zero-order valence-corrected chi connectivity index (χ0v) is 45.0. The highest BCUT2D eigenvalue weighted by atomic mass is 32.2. The van der Waals surface area contributed by atoms with Crippen LogP contribution in [0.1, 0.15) is 60.8 Å². The van der Waals surface area contributed by atoms with Gasteiger partial charge in [0.25, 0.3) is 6.47 Å². The number of methoxy groups -OCH3 is 2. The third-order valence-electron chi connectivity index (χ3n) is 12.8. The Morgan fingerprint density at radius 2 is 1.05 bits per heavy atom. The highest BCUT2D eigenvalue weighted by Gasteiger charge is 2.29. The number of hydrogen-bond acceptors (Lipinski definition) is 16. The molecular formula is C51H73N9O11S2. The van der Waals surface area contributed by atoms with E-state index in [9.17, 15) is 36.0 Å². The third kappa shape index (κ3) is 17.8. The van der Waals surface area contributed by atoms with E-state index in [2.05, 4.69) is 47.3 Å². The summed E-state index contributed by atoms with van der Waals surface area (Å²) >= 11 is 0. The number of nitrogens with one attached hydrogen (secondary N) is 2. The molecule has 0 atom stereocenters. The van der Waals surface area contributed by atoms with E-state index in [0.29, 0.717) is 46.1 Å². The Morgan fingerprint density at radius 3 is 1.42 bits per heavy atom. The molecule has 2 aromatic heterocycles. The predicted molar refractivity (Wildman–Crippen MR) is 279 cm³/mol. The van der Waals surface area contributed by atoms with Crippen molar-refractivity contribution >= 4 is 55.5 Å². The van der Waals surface area contributed by atoms with Gasteiger partial charge in [0, 0.05) is 82.9 Å². The van der Waals surface area contributed by atoms with Gasteiger partial charge in [0.15, 0.2) is 12.5 Å². The monoisotopic (exact) mass is 1050 g/mol. The van der Waals surface area contributed by atoms with Crippen molar-refractivity contribution in [1.29, 1.82) is 0 Å². The van der Waals surface area contributed by atoms with Gasteiger partial charge in [0.2, 0.25) is 31.9 Å². The maximum absolute atomic E-state index is 13.1. The molecule has 2 saturated heterocycles. The smallest absolute Gasteiger partial charge is 0.294 e. The first-order chi connectivity index (χ1) is 34.7. The fourth-order valence-corrected chi connectivity index (χ4v) is 11.8. The second kappa shape index (κ2) is 28.9. The Bertz CT molecular complexity index is 2600. The van der Waals surface area contributed by atoms with Crippen LogP contribution in [0.4, 0.5) is 11.4 Å². The molecule has 2 aliphatic heterocycles. The zero-order valence-electron chi connectivity index (χ0n) is 43.3. The standard InChI is InChI=1S/C26H36N4O5S.C14H20N2O6S.C11H17N3/c1-19-15-24(35-4)16-20(2)26(19)36(33,34)29(3)18-25(32)28-17-23(31)6-5-21-9-13-30(14-10-21)22-7-11-27-12-8-22;1-10-5-12(21-4)6-11(2)14(10)23(19,20)16(3)7-13(18)15-8-22-9-17;12-9-10-3-7-14(8-4-10)11-1-5-13-6-2-11/h7-8,11-12,15-16,21H,5-6,9-10,13-14,17-18H2,1-4H3,(H,28,32);5-6,9H,7-8H2,1-4H3,(H,15,18);1-2,5-6,10H,3-4,7-9,12H2. The Kier molecular flexibility index (Phi) is 23.5. The number of amides is 2. The minimum absolute atomic E-state index is 0.0488. The van der Waals surface area contributed by atoms with Gasteiger partial charge in [0.1, 0.15) is 11.5 Å². The first-order valence-corrected chi connectivity index (χ1v) is 27.0. The van der Waals surface area contributed by atoms with E-state index in [0.717, 1.165) is 66.5 Å². The normalized spacial score (nSPS) is 14.3. The van der Waals surface area contributed by atoms with Crippen LogP contribution in [-0.4, -0.2) is 147 Å². The van der Waals surface area contributed by atoms with Crippen molar-refractivity contribution in [2.24, 2.45) is 17.6 Å². The van der Waals surface area contributed by atoms with Crippen LogP contribution in [0.25, 0.3) is 0 Å².